The highest BCUT2D eigenvalue weighted by Gasteiger charge is 2.41. The summed E-state index contributed by atoms with van der Waals surface area (Å²) in [6.07, 6.45) is 5.87. The Balaban J connectivity index is 1.32. The first kappa shape index (κ1) is 26.3. The predicted molar refractivity (Wildman–Crippen MR) is 140 cm³/mol. The van der Waals surface area contributed by atoms with E-state index in [9.17, 15) is 18.3 Å². The van der Waals surface area contributed by atoms with E-state index in [1.165, 1.54) is 17.7 Å². The van der Waals surface area contributed by atoms with Crippen LogP contribution < -0.4 is 10.5 Å². The normalized spacial score (nSPS) is 24.8. The summed E-state index contributed by atoms with van der Waals surface area (Å²) in [4.78, 5) is 14.5. The zero-order valence-electron chi connectivity index (χ0n) is 20.3. The molecule has 1 unspecified atom stereocenters. The number of aliphatic hydroxyl groups excluding tert-OH is 1. The molecule has 1 aliphatic heterocycles. The van der Waals surface area contributed by atoms with Crippen LogP contribution in [-0.4, -0.2) is 67.2 Å². The summed E-state index contributed by atoms with van der Waals surface area (Å²) in [6.45, 7) is 1.45. The number of β-amino-alcohol motifs (C(OH)–C–C–N with tert-alkyl or cyclic N) is 1. The molecule has 8 heteroatoms. The van der Waals surface area contributed by atoms with E-state index < -0.39 is 26.7 Å². The minimum absolute atomic E-state index is 0.0672. The van der Waals surface area contributed by atoms with E-state index in [2.05, 4.69) is 12.1 Å². The van der Waals surface area contributed by atoms with Crippen LogP contribution in [0.3, 0.4) is 0 Å². The van der Waals surface area contributed by atoms with E-state index in [1.807, 2.05) is 29.2 Å². The highest BCUT2D eigenvalue weighted by atomic mass is 32.2. The van der Waals surface area contributed by atoms with Gasteiger partial charge >= 0.3 is 5.97 Å². The summed E-state index contributed by atoms with van der Waals surface area (Å²) in [5.74, 6) is -0.0128. The van der Waals surface area contributed by atoms with Crippen molar-refractivity contribution in [3.63, 3.8) is 0 Å². The number of likely N-dealkylation sites (tertiary alicyclic amines) is 1. The molecule has 4 rings (SSSR count). The number of piperidine rings is 1. The van der Waals surface area contributed by atoms with Crippen molar-refractivity contribution in [2.24, 2.45) is 11.7 Å². The number of nitrogens with two attached hydrogens (primary N) is 1. The number of esters is 1. The summed E-state index contributed by atoms with van der Waals surface area (Å²) in [7, 11) is -3.61. The molecule has 1 saturated heterocycles. The maximum absolute atomic E-state index is 13.4. The SMILES string of the molecule is NC[C@@]1(S(=O)(=O)CCN2CCC(Cc3ccccc3)[C@H](O)C2)C=CC(C(=O)Oc2ccccc2)=CC1. The number of allylic oxidation sites excluding steroid dienone is 1. The van der Waals surface area contributed by atoms with Gasteiger partial charge in [0.2, 0.25) is 0 Å². The van der Waals surface area contributed by atoms with Crippen molar-refractivity contribution < 1.29 is 23.1 Å². The third-order valence-electron chi connectivity index (χ3n) is 7.21. The lowest BCUT2D eigenvalue weighted by molar-refractivity contribution is -0.129. The lowest BCUT2D eigenvalue weighted by Crippen LogP contribution is -2.50. The fourth-order valence-electron chi connectivity index (χ4n) is 4.83. The molecule has 0 saturated carbocycles. The van der Waals surface area contributed by atoms with Crippen LogP contribution in [0.1, 0.15) is 18.4 Å². The molecule has 2 aliphatic rings. The van der Waals surface area contributed by atoms with E-state index in [0.29, 0.717) is 24.4 Å². The molecule has 3 N–H and O–H groups in total. The van der Waals surface area contributed by atoms with E-state index in [1.54, 1.807) is 30.3 Å². The number of para-hydroxylation sites is 1. The zero-order chi connectivity index (χ0) is 25.6. The molecular formula is C28H34N2O5S. The second-order valence-corrected chi connectivity index (χ2v) is 12.0. The number of carbonyl (C=O) groups is 1. The molecule has 36 heavy (non-hydrogen) atoms. The van der Waals surface area contributed by atoms with Gasteiger partial charge in [-0.25, -0.2) is 13.2 Å². The molecule has 1 fully saturated rings. The first-order valence-corrected chi connectivity index (χ1v) is 14.0. The lowest BCUT2D eigenvalue weighted by atomic mass is 9.88. The van der Waals surface area contributed by atoms with E-state index in [-0.39, 0.29) is 24.6 Å². The standard InChI is InChI=1S/C28H34N2O5S/c29-21-28(14-11-23(12-15-28)27(32)35-25-9-5-2-6-10-25)36(33,34)18-17-30-16-13-24(26(31)20-30)19-22-7-3-1-4-8-22/h1-12,14,24,26,31H,13,15-21,29H2/t24?,26-,28-/m1/s1. The summed E-state index contributed by atoms with van der Waals surface area (Å²) < 4.78 is 30.8. The number of nitrogens with zero attached hydrogens (tertiary/aromatic N) is 1. The van der Waals surface area contributed by atoms with Gasteiger partial charge in [0.25, 0.3) is 0 Å². The van der Waals surface area contributed by atoms with Crippen LogP contribution in [0.5, 0.6) is 5.75 Å². The maximum atomic E-state index is 13.4. The minimum Gasteiger partial charge on any atom is -0.423 e. The second kappa shape index (κ2) is 11.5. The highest BCUT2D eigenvalue weighted by Crippen LogP contribution is 2.30. The Bertz CT molecular complexity index is 1200. The van der Waals surface area contributed by atoms with E-state index in [4.69, 9.17) is 10.5 Å². The Morgan fingerprint density at radius 3 is 2.42 bits per heavy atom. The average molecular weight is 511 g/mol. The summed E-state index contributed by atoms with van der Waals surface area (Å²) in [5, 5.41) is 10.7. The van der Waals surface area contributed by atoms with Gasteiger partial charge in [0.05, 0.1) is 17.4 Å². The van der Waals surface area contributed by atoms with Crippen molar-refractivity contribution >= 4 is 15.8 Å². The highest BCUT2D eigenvalue weighted by molar-refractivity contribution is 7.93. The molecular weight excluding hydrogens is 476 g/mol. The predicted octanol–water partition coefficient (Wildman–Crippen LogP) is 2.52. The van der Waals surface area contributed by atoms with Crippen molar-refractivity contribution in [1.82, 2.24) is 4.90 Å². The Labute approximate surface area is 213 Å². The van der Waals surface area contributed by atoms with Crippen molar-refractivity contribution in [2.45, 2.75) is 30.1 Å². The smallest absolute Gasteiger partial charge is 0.343 e. The topological polar surface area (TPSA) is 110 Å². The van der Waals surface area contributed by atoms with Crippen LogP contribution in [0.15, 0.2) is 84.5 Å². The van der Waals surface area contributed by atoms with Crippen LogP contribution >= 0.6 is 0 Å². The van der Waals surface area contributed by atoms with Crippen molar-refractivity contribution in [3.8, 4) is 5.75 Å². The van der Waals surface area contributed by atoms with Gasteiger partial charge in [0.1, 0.15) is 10.5 Å². The first-order valence-electron chi connectivity index (χ1n) is 12.4. The molecule has 7 nitrogen and oxygen atoms in total. The van der Waals surface area contributed by atoms with Gasteiger partial charge in [-0.05, 0) is 49.4 Å². The quantitative estimate of drug-likeness (QED) is 0.394. The number of aliphatic hydroxyl groups is 1. The molecule has 0 radical (unpaired) electrons. The zero-order valence-corrected chi connectivity index (χ0v) is 21.1. The fourth-order valence-corrected chi connectivity index (χ4v) is 6.60. The van der Waals surface area contributed by atoms with Crippen LogP contribution in [0.25, 0.3) is 0 Å². The largest absolute Gasteiger partial charge is 0.423 e. The van der Waals surface area contributed by atoms with E-state index in [0.717, 1.165) is 19.4 Å². The Morgan fingerprint density at radius 1 is 1.11 bits per heavy atom. The molecule has 192 valence electrons. The van der Waals surface area contributed by atoms with Crippen molar-refractivity contribution in [2.75, 3.05) is 31.9 Å². The fraction of sp³-hybridized carbons (Fsp3) is 0.393. The van der Waals surface area contributed by atoms with E-state index >= 15 is 0 Å². The van der Waals surface area contributed by atoms with Gasteiger partial charge in [-0.3, -0.25) is 4.90 Å². The number of benzene rings is 2. The van der Waals surface area contributed by atoms with Crippen molar-refractivity contribution in [3.05, 3.63) is 90.0 Å². The Kier molecular flexibility index (Phi) is 8.41. The van der Waals surface area contributed by atoms with Gasteiger partial charge in [-0.15, -0.1) is 0 Å². The number of ether oxygens (including phenoxy) is 1. The van der Waals surface area contributed by atoms with Gasteiger partial charge in [0.15, 0.2) is 9.84 Å². The van der Waals surface area contributed by atoms with Crippen molar-refractivity contribution in [1.29, 1.82) is 0 Å². The molecule has 0 amide bonds. The Hall–Kier alpha value is -2.78. The molecule has 2 aromatic rings. The number of rotatable bonds is 9. The second-order valence-electron chi connectivity index (χ2n) is 9.59. The van der Waals surface area contributed by atoms with Crippen LogP contribution in [0.4, 0.5) is 0 Å². The average Bonchev–Trinajstić information content (AvgIpc) is 2.90. The maximum Gasteiger partial charge on any atom is 0.343 e. The molecule has 2 aromatic carbocycles. The third kappa shape index (κ3) is 6.13. The number of hydrogen-bond donors (Lipinski definition) is 2. The van der Waals surface area contributed by atoms with Crippen LogP contribution in [0, 0.1) is 5.92 Å². The lowest BCUT2D eigenvalue weighted by Gasteiger charge is -2.37. The molecule has 1 heterocycles. The number of carbonyl (C=O) groups excluding carboxylic acids is 1. The molecule has 3 atom stereocenters. The Morgan fingerprint density at radius 2 is 1.81 bits per heavy atom. The third-order valence-corrected chi connectivity index (χ3v) is 9.64. The minimum atomic E-state index is -3.61. The first-order chi connectivity index (χ1) is 17.3. The van der Waals surface area contributed by atoms with Gasteiger partial charge in [0, 0.05) is 19.6 Å². The number of hydrogen-bond acceptors (Lipinski definition) is 7. The van der Waals surface area contributed by atoms with Gasteiger partial charge in [-0.1, -0.05) is 66.8 Å². The van der Waals surface area contributed by atoms with Crippen LogP contribution in [-0.2, 0) is 21.1 Å². The molecule has 0 aromatic heterocycles. The molecule has 1 aliphatic carbocycles. The summed E-state index contributed by atoms with van der Waals surface area (Å²) in [5.41, 5.74) is 7.47. The monoisotopic (exact) mass is 510 g/mol. The van der Waals surface area contributed by atoms with Crippen LogP contribution in [0.2, 0.25) is 0 Å². The molecule has 0 bridgehead atoms. The summed E-state index contributed by atoms with van der Waals surface area (Å²) >= 11 is 0. The van der Waals surface area contributed by atoms with Gasteiger partial charge in [-0.2, -0.15) is 0 Å². The number of sulfone groups is 1. The van der Waals surface area contributed by atoms with Gasteiger partial charge < -0.3 is 15.6 Å². The summed E-state index contributed by atoms with van der Waals surface area (Å²) in [6, 6.07) is 18.8. The molecule has 0 spiro atoms.